The highest BCUT2D eigenvalue weighted by molar-refractivity contribution is 6.28. The lowest BCUT2D eigenvalue weighted by Gasteiger charge is -2.17. The van der Waals surface area contributed by atoms with Crippen molar-refractivity contribution in [3.05, 3.63) is 35.9 Å². The molecule has 0 heterocycles. The first-order chi connectivity index (χ1) is 9.34. The molecule has 1 atom stereocenters. The zero-order chi connectivity index (χ0) is 15.2. The highest BCUT2D eigenvalue weighted by Gasteiger charge is 2.40. The molecular weight excluding hydrogens is 295 g/mol. The van der Waals surface area contributed by atoms with Crippen LogP contribution >= 0.6 is 11.6 Å². The van der Waals surface area contributed by atoms with Crippen LogP contribution in [0.4, 0.5) is 13.2 Å². The van der Waals surface area contributed by atoms with E-state index in [0.717, 1.165) is 5.56 Å². The highest BCUT2D eigenvalue weighted by Crippen LogP contribution is 2.15. The molecule has 0 aliphatic rings. The van der Waals surface area contributed by atoms with Crippen molar-refractivity contribution in [2.24, 2.45) is 0 Å². The summed E-state index contributed by atoms with van der Waals surface area (Å²) in [6.45, 7) is 0. The van der Waals surface area contributed by atoms with E-state index in [9.17, 15) is 22.8 Å². The van der Waals surface area contributed by atoms with Crippen LogP contribution in [0.15, 0.2) is 30.3 Å². The second kappa shape index (κ2) is 7.28. The van der Waals surface area contributed by atoms with Crippen LogP contribution in [0, 0.1) is 0 Å². The Morgan fingerprint density at radius 3 is 2.30 bits per heavy atom. The fourth-order valence-electron chi connectivity index (χ4n) is 1.60. The number of nitrogens with one attached hydrogen (secondary N) is 1. The standard InChI is InChI=1S/C13H13ClF3NO2/c14-8-11(19)10(18-12(20)13(15,16)17)7-6-9-4-2-1-3-5-9/h1-5,10H,6-8H2,(H,18,20)/t10-/m0/s1. The Morgan fingerprint density at radius 1 is 1.20 bits per heavy atom. The van der Waals surface area contributed by atoms with Gasteiger partial charge >= 0.3 is 12.1 Å². The first kappa shape index (κ1) is 16.5. The van der Waals surface area contributed by atoms with E-state index < -0.39 is 29.8 Å². The van der Waals surface area contributed by atoms with E-state index >= 15 is 0 Å². The molecular formula is C13H13ClF3NO2. The Kier molecular flexibility index (Phi) is 6.01. The van der Waals surface area contributed by atoms with Crippen molar-refractivity contribution in [2.45, 2.75) is 25.1 Å². The van der Waals surface area contributed by atoms with Gasteiger partial charge in [0.2, 0.25) is 0 Å². The molecule has 0 fully saturated rings. The third-order valence-electron chi connectivity index (χ3n) is 2.65. The van der Waals surface area contributed by atoms with Crippen molar-refractivity contribution < 1.29 is 22.8 Å². The average molecular weight is 308 g/mol. The molecule has 0 spiro atoms. The van der Waals surface area contributed by atoms with Gasteiger partial charge in [0.25, 0.3) is 0 Å². The predicted octanol–water partition coefficient (Wildman–Crippen LogP) is 2.47. The van der Waals surface area contributed by atoms with E-state index in [-0.39, 0.29) is 6.42 Å². The monoisotopic (exact) mass is 307 g/mol. The van der Waals surface area contributed by atoms with Gasteiger partial charge in [-0.1, -0.05) is 30.3 Å². The zero-order valence-corrected chi connectivity index (χ0v) is 11.2. The molecule has 1 rings (SSSR count). The fourth-order valence-corrected chi connectivity index (χ4v) is 1.79. The quantitative estimate of drug-likeness (QED) is 0.821. The number of carbonyl (C=O) groups is 2. The van der Waals surface area contributed by atoms with Crippen LogP contribution in [0.1, 0.15) is 12.0 Å². The van der Waals surface area contributed by atoms with Crippen molar-refractivity contribution in [3.63, 3.8) is 0 Å². The normalized spacial score (nSPS) is 12.8. The summed E-state index contributed by atoms with van der Waals surface area (Å²) in [5, 5.41) is 1.68. The van der Waals surface area contributed by atoms with Crippen molar-refractivity contribution in [3.8, 4) is 0 Å². The Labute approximate surface area is 119 Å². The Morgan fingerprint density at radius 2 is 1.80 bits per heavy atom. The maximum Gasteiger partial charge on any atom is 0.471 e. The number of halogens is 4. The summed E-state index contributed by atoms with van der Waals surface area (Å²) < 4.78 is 36.6. The first-order valence-electron chi connectivity index (χ1n) is 5.85. The van der Waals surface area contributed by atoms with Crippen LogP contribution in [-0.4, -0.2) is 29.8 Å². The van der Waals surface area contributed by atoms with Gasteiger partial charge < -0.3 is 5.32 Å². The summed E-state index contributed by atoms with van der Waals surface area (Å²) in [7, 11) is 0. The molecule has 0 saturated heterocycles. The Balaban J connectivity index is 2.66. The third kappa shape index (κ3) is 5.21. The lowest BCUT2D eigenvalue weighted by Crippen LogP contribution is -2.47. The zero-order valence-electron chi connectivity index (χ0n) is 10.4. The van der Waals surface area contributed by atoms with E-state index in [2.05, 4.69) is 0 Å². The summed E-state index contributed by atoms with van der Waals surface area (Å²) in [6, 6.07) is 7.70. The van der Waals surface area contributed by atoms with E-state index in [0.29, 0.717) is 6.42 Å². The molecule has 0 radical (unpaired) electrons. The number of carbonyl (C=O) groups excluding carboxylic acids is 2. The molecule has 0 aliphatic heterocycles. The van der Waals surface area contributed by atoms with Crippen molar-refractivity contribution in [1.82, 2.24) is 5.32 Å². The second-order valence-electron chi connectivity index (χ2n) is 4.15. The van der Waals surface area contributed by atoms with Gasteiger partial charge in [0.15, 0.2) is 5.78 Å². The van der Waals surface area contributed by atoms with Gasteiger partial charge in [-0.2, -0.15) is 13.2 Å². The number of ketones is 1. The van der Waals surface area contributed by atoms with Gasteiger partial charge in [0.1, 0.15) is 0 Å². The molecule has 1 aromatic carbocycles. The molecule has 0 aliphatic carbocycles. The first-order valence-corrected chi connectivity index (χ1v) is 6.38. The second-order valence-corrected chi connectivity index (χ2v) is 4.42. The lowest BCUT2D eigenvalue weighted by molar-refractivity contribution is -0.174. The molecule has 0 saturated carbocycles. The molecule has 0 bridgehead atoms. The molecule has 1 N–H and O–H groups in total. The molecule has 3 nitrogen and oxygen atoms in total. The van der Waals surface area contributed by atoms with Crippen LogP contribution in [0.2, 0.25) is 0 Å². The summed E-state index contributed by atoms with van der Waals surface area (Å²) in [6.07, 6.45) is -4.58. The summed E-state index contributed by atoms with van der Waals surface area (Å²) >= 11 is 5.34. The molecule has 1 aromatic rings. The molecule has 110 valence electrons. The fraction of sp³-hybridized carbons (Fsp3) is 0.385. The average Bonchev–Trinajstić information content (AvgIpc) is 2.42. The number of hydrogen-bond donors (Lipinski definition) is 1. The van der Waals surface area contributed by atoms with Gasteiger partial charge in [-0.15, -0.1) is 11.6 Å². The number of Topliss-reactive ketones (excluding diaryl/α,β-unsaturated/α-hetero) is 1. The maximum atomic E-state index is 12.2. The smallest absolute Gasteiger partial charge is 0.338 e. The number of rotatable bonds is 6. The summed E-state index contributed by atoms with van der Waals surface area (Å²) in [4.78, 5) is 22.4. The van der Waals surface area contributed by atoms with Crippen LogP contribution in [0.25, 0.3) is 0 Å². The van der Waals surface area contributed by atoms with Crippen LogP contribution in [0.3, 0.4) is 0 Å². The minimum atomic E-state index is -5.02. The molecule has 20 heavy (non-hydrogen) atoms. The number of aryl methyl sites for hydroxylation is 1. The Bertz CT molecular complexity index is 462. The topological polar surface area (TPSA) is 46.2 Å². The SMILES string of the molecule is O=C(CCl)[C@H](CCc1ccccc1)NC(=O)C(F)(F)F. The maximum absolute atomic E-state index is 12.2. The largest absolute Gasteiger partial charge is 0.471 e. The van der Waals surface area contributed by atoms with Gasteiger partial charge in [-0.25, -0.2) is 0 Å². The molecule has 0 aromatic heterocycles. The Hall–Kier alpha value is -1.56. The predicted molar refractivity (Wildman–Crippen MR) is 68.5 cm³/mol. The number of benzene rings is 1. The molecule has 7 heteroatoms. The number of amides is 1. The van der Waals surface area contributed by atoms with Gasteiger partial charge in [0.05, 0.1) is 11.9 Å². The van der Waals surface area contributed by atoms with Crippen molar-refractivity contribution in [2.75, 3.05) is 5.88 Å². The van der Waals surface area contributed by atoms with Crippen molar-refractivity contribution >= 4 is 23.3 Å². The molecule has 1 amide bonds. The number of alkyl halides is 4. The van der Waals surface area contributed by atoms with Gasteiger partial charge in [0, 0.05) is 0 Å². The van der Waals surface area contributed by atoms with Gasteiger partial charge in [-0.3, -0.25) is 9.59 Å². The summed E-state index contributed by atoms with van der Waals surface area (Å²) in [5.41, 5.74) is 0.862. The van der Waals surface area contributed by atoms with Crippen LogP contribution in [-0.2, 0) is 16.0 Å². The third-order valence-corrected chi connectivity index (χ3v) is 2.91. The highest BCUT2D eigenvalue weighted by atomic mass is 35.5. The summed E-state index contributed by atoms with van der Waals surface area (Å²) in [5.74, 6) is -3.22. The van der Waals surface area contributed by atoms with Crippen LogP contribution < -0.4 is 5.32 Å². The van der Waals surface area contributed by atoms with E-state index in [1.165, 1.54) is 0 Å². The molecule has 0 unspecified atom stereocenters. The lowest BCUT2D eigenvalue weighted by atomic mass is 10.0. The van der Waals surface area contributed by atoms with Crippen LogP contribution in [0.5, 0.6) is 0 Å². The van der Waals surface area contributed by atoms with E-state index in [1.54, 1.807) is 35.6 Å². The minimum absolute atomic E-state index is 0.0669. The minimum Gasteiger partial charge on any atom is -0.338 e. The van der Waals surface area contributed by atoms with E-state index in [4.69, 9.17) is 11.6 Å². The van der Waals surface area contributed by atoms with Crippen molar-refractivity contribution in [1.29, 1.82) is 0 Å². The number of hydrogen-bond acceptors (Lipinski definition) is 2. The van der Waals surface area contributed by atoms with Gasteiger partial charge in [-0.05, 0) is 18.4 Å². The van der Waals surface area contributed by atoms with E-state index in [1.807, 2.05) is 0 Å².